The fourth-order valence-electron chi connectivity index (χ4n) is 1.31. The standard InChI is InChI=1S/C10H10BrN3O2S2/c1-6-5-13-10(17-6)14-18(15,16)9-3-2-7(12)4-8(9)11/h2-5H,12H2,1H3,(H,13,14). The molecule has 0 aliphatic heterocycles. The number of hydrogen-bond acceptors (Lipinski definition) is 5. The molecule has 18 heavy (non-hydrogen) atoms. The van der Waals surface area contributed by atoms with Crippen molar-refractivity contribution in [2.45, 2.75) is 11.8 Å². The van der Waals surface area contributed by atoms with Crippen LogP contribution in [0.4, 0.5) is 10.8 Å². The highest BCUT2D eigenvalue weighted by Gasteiger charge is 2.19. The zero-order valence-electron chi connectivity index (χ0n) is 9.34. The Labute approximate surface area is 117 Å². The maximum atomic E-state index is 12.1. The van der Waals surface area contributed by atoms with Gasteiger partial charge in [-0.25, -0.2) is 13.4 Å². The van der Waals surface area contributed by atoms with Crippen molar-refractivity contribution in [1.29, 1.82) is 0 Å². The minimum absolute atomic E-state index is 0.129. The molecular weight excluding hydrogens is 338 g/mol. The first-order valence-electron chi connectivity index (χ1n) is 4.89. The number of aryl methyl sites for hydroxylation is 1. The first-order chi connectivity index (χ1) is 8.38. The number of aromatic nitrogens is 1. The van der Waals surface area contributed by atoms with Crippen LogP contribution < -0.4 is 10.5 Å². The Morgan fingerprint density at radius 3 is 2.72 bits per heavy atom. The first kappa shape index (κ1) is 13.3. The quantitative estimate of drug-likeness (QED) is 0.835. The van der Waals surface area contributed by atoms with Crippen molar-refractivity contribution in [3.8, 4) is 0 Å². The number of nitrogen functional groups attached to an aromatic ring is 1. The third kappa shape index (κ3) is 2.82. The molecule has 0 radical (unpaired) electrons. The van der Waals surface area contributed by atoms with E-state index in [1.54, 1.807) is 12.3 Å². The third-order valence-corrected chi connectivity index (χ3v) is 5.36. The van der Waals surface area contributed by atoms with Crippen LogP contribution in [-0.4, -0.2) is 13.4 Å². The van der Waals surface area contributed by atoms with Crippen molar-refractivity contribution >= 4 is 48.1 Å². The summed E-state index contributed by atoms with van der Waals surface area (Å²) in [7, 11) is -3.65. The van der Waals surface area contributed by atoms with Gasteiger partial charge in [-0.1, -0.05) is 0 Å². The van der Waals surface area contributed by atoms with E-state index in [1.165, 1.54) is 23.5 Å². The Kier molecular flexibility index (Phi) is 3.60. The molecule has 5 nitrogen and oxygen atoms in total. The lowest BCUT2D eigenvalue weighted by atomic mass is 10.3. The van der Waals surface area contributed by atoms with E-state index < -0.39 is 10.0 Å². The van der Waals surface area contributed by atoms with E-state index in [2.05, 4.69) is 25.6 Å². The second kappa shape index (κ2) is 4.87. The van der Waals surface area contributed by atoms with Crippen molar-refractivity contribution < 1.29 is 8.42 Å². The molecule has 0 spiro atoms. The highest BCUT2D eigenvalue weighted by Crippen LogP contribution is 2.27. The Hall–Kier alpha value is -1.12. The fourth-order valence-corrected chi connectivity index (χ4v) is 4.31. The molecule has 1 aromatic carbocycles. The van der Waals surface area contributed by atoms with E-state index in [0.29, 0.717) is 15.3 Å². The van der Waals surface area contributed by atoms with Gasteiger partial charge in [0.1, 0.15) is 4.90 Å². The van der Waals surface area contributed by atoms with E-state index in [4.69, 9.17) is 5.73 Å². The third-order valence-electron chi connectivity index (χ3n) is 2.09. The maximum Gasteiger partial charge on any atom is 0.264 e. The van der Waals surface area contributed by atoms with Crippen LogP contribution in [0.2, 0.25) is 0 Å². The summed E-state index contributed by atoms with van der Waals surface area (Å²) in [5.41, 5.74) is 6.06. The largest absolute Gasteiger partial charge is 0.399 e. The van der Waals surface area contributed by atoms with Gasteiger partial charge in [0.05, 0.1) is 0 Å². The minimum Gasteiger partial charge on any atom is -0.399 e. The molecule has 2 rings (SSSR count). The molecule has 0 unspecified atom stereocenters. The Balaban J connectivity index is 2.36. The van der Waals surface area contributed by atoms with E-state index in [9.17, 15) is 8.42 Å². The lowest BCUT2D eigenvalue weighted by molar-refractivity contribution is 0.601. The number of rotatable bonds is 3. The highest BCUT2D eigenvalue weighted by atomic mass is 79.9. The molecule has 0 saturated heterocycles. The molecule has 0 aliphatic carbocycles. The second-order valence-corrected chi connectivity index (χ2v) is 7.31. The molecule has 1 heterocycles. The van der Waals surface area contributed by atoms with Crippen molar-refractivity contribution in [2.24, 2.45) is 0 Å². The van der Waals surface area contributed by atoms with E-state index >= 15 is 0 Å². The summed E-state index contributed by atoms with van der Waals surface area (Å²) in [6.07, 6.45) is 1.61. The molecule has 3 N–H and O–H groups in total. The number of nitrogens with one attached hydrogen (secondary N) is 1. The molecule has 0 saturated carbocycles. The van der Waals surface area contributed by atoms with Crippen LogP contribution in [-0.2, 0) is 10.0 Å². The molecule has 0 bridgehead atoms. The van der Waals surface area contributed by atoms with Crippen molar-refractivity contribution in [3.05, 3.63) is 33.7 Å². The average Bonchev–Trinajstić information content (AvgIpc) is 2.62. The van der Waals surface area contributed by atoms with E-state index in [0.717, 1.165) is 4.88 Å². The Morgan fingerprint density at radius 1 is 1.44 bits per heavy atom. The number of hydrogen-bond donors (Lipinski definition) is 2. The maximum absolute atomic E-state index is 12.1. The predicted octanol–water partition coefficient (Wildman–Crippen LogP) is 2.60. The number of sulfonamides is 1. The summed E-state index contributed by atoms with van der Waals surface area (Å²) in [6.45, 7) is 1.86. The molecule has 0 amide bonds. The minimum atomic E-state index is -3.65. The molecule has 0 aliphatic rings. The Morgan fingerprint density at radius 2 is 2.17 bits per heavy atom. The zero-order chi connectivity index (χ0) is 13.3. The van der Waals surface area contributed by atoms with Gasteiger partial charge in [-0.3, -0.25) is 4.72 Å². The lowest BCUT2D eigenvalue weighted by Gasteiger charge is -2.07. The first-order valence-corrected chi connectivity index (χ1v) is 7.98. The van der Waals surface area contributed by atoms with E-state index in [1.807, 2.05) is 6.92 Å². The lowest BCUT2D eigenvalue weighted by Crippen LogP contribution is -2.13. The molecule has 0 fully saturated rings. The molecule has 2 aromatic rings. The van der Waals surface area contributed by atoms with E-state index in [-0.39, 0.29) is 4.90 Å². The van der Waals surface area contributed by atoms with Gasteiger partial charge < -0.3 is 5.73 Å². The molecule has 1 aromatic heterocycles. The molecular formula is C10H10BrN3O2S2. The monoisotopic (exact) mass is 347 g/mol. The number of benzene rings is 1. The van der Waals surface area contributed by atoms with Crippen LogP contribution in [0.1, 0.15) is 4.88 Å². The normalized spacial score (nSPS) is 11.4. The number of anilines is 2. The van der Waals surface area contributed by atoms with Crippen LogP contribution in [0.5, 0.6) is 0 Å². The summed E-state index contributed by atoms with van der Waals surface area (Å²) >= 11 is 4.46. The number of nitrogens with two attached hydrogens (primary N) is 1. The van der Waals surface area contributed by atoms with Crippen LogP contribution in [0.15, 0.2) is 33.8 Å². The fraction of sp³-hybridized carbons (Fsp3) is 0.100. The zero-order valence-corrected chi connectivity index (χ0v) is 12.6. The topological polar surface area (TPSA) is 85.1 Å². The van der Waals surface area contributed by atoms with Gasteiger partial charge in [0.2, 0.25) is 0 Å². The van der Waals surface area contributed by atoms with Crippen LogP contribution in [0.25, 0.3) is 0 Å². The van der Waals surface area contributed by atoms with Crippen molar-refractivity contribution in [1.82, 2.24) is 4.98 Å². The van der Waals surface area contributed by atoms with Gasteiger partial charge in [0.15, 0.2) is 5.13 Å². The van der Waals surface area contributed by atoms with Gasteiger partial charge in [-0.05, 0) is 41.1 Å². The van der Waals surface area contributed by atoms with Gasteiger partial charge in [-0.2, -0.15) is 0 Å². The SMILES string of the molecule is Cc1cnc(NS(=O)(=O)c2ccc(N)cc2Br)s1. The van der Waals surface area contributed by atoms with Crippen LogP contribution >= 0.6 is 27.3 Å². The van der Waals surface area contributed by atoms with Gasteiger partial charge in [-0.15, -0.1) is 11.3 Å². The second-order valence-electron chi connectivity index (χ2n) is 3.57. The number of halogens is 1. The summed E-state index contributed by atoms with van der Waals surface area (Å²) in [5, 5.41) is 0.344. The number of nitrogens with zero attached hydrogens (tertiary/aromatic N) is 1. The smallest absolute Gasteiger partial charge is 0.264 e. The van der Waals surface area contributed by atoms with Gasteiger partial charge in [0, 0.05) is 21.2 Å². The summed E-state index contributed by atoms with van der Waals surface area (Å²) in [5.74, 6) is 0. The van der Waals surface area contributed by atoms with Crippen LogP contribution in [0.3, 0.4) is 0 Å². The van der Waals surface area contributed by atoms with Gasteiger partial charge >= 0.3 is 0 Å². The van der Waals surface area contributed by atoms with Gasteiger partial charge in [0.25, 0.3) is 10.0 Å². The highest BCUT2D eigenvalue weighted by molar-refractivity contribution is 9.10. The predicted molar refractivity (Wildman–Crippen MR) is 76.2 cm³/mol. The summed E-state index contributed by atoms with van der Waals surface area (Å²) in [6, 6.07) is 4.52. The summed E-state index contributed by atoms with van der Waals surface area (Å²) in [4.78, 5) is 5.03. The summed E-state index contributed by atoms with van der Waals surface area (Å²) < 4.78 is 27.1. The van der Waals surface area contributed by atoms with Crippen molar-refractivity contribution in [2.75, 3.05) is 10.5 Å². The molecule has 96 valence electrons. The van der Waals surface area contributed by atoms with Crippen LogP contribution in [0, 0.1) is 6.92 Å². The molecule has 8 heteroatoms. The Bertz CT molecular complexity index is 682. The average molecular weight is 348 g/mol. The van der Waals surface area contributed by atoms with Crippen molar-refractivity contribution in [3.63, 3.8) is 0 Å². The molecule has 0 atom stereocenters. The number of thiazole rings is 1.